The average molecular weight is 325 g/mol. The standard InChI is InChI=1S/C15H17ClN2O2S/c1-4-12(10-5-6-11(16)9(2)7-10)18-13(14(19)20-3)8-17-15(18)21/h5-8,12H,4H2,1-3H3,(H,17,21). The number of nitrogens with zero attached hydrogens (tertiary/aromatic N) is 1. The molecule has 0 radical (unpaired) electrons. The number of esters is 1. The molecule has 0 amide bonds. The van der Waals surface area contributed by atoms with Crippen molar-refractivity contribution in [3.8, 4) is 0 Å². The maximum absolute atomic E-state index is 11.9. The molecule has 0 aliphatic carbocycles. The molecule has 2 rings (SSSR count). The molecule has 1 aromatic heterocycles. The van der Waals surface area contributed by atoms with Crippen molar-refractivity contribution in [2.24, 2.45) is 0 Å². The zero-order chi connectivity index (χ0) is 15.6. The van der Waals surface area contributed by atoms with Gasteiger partial charge in [0.25, 0.3) is 0 Å². The Morgan fingerprint density at radius 1 is 1.52 bits per heavy atom. The lowest BCUT2D eigenvalue weighted by atomic mass is 10.0. The fourth-order valence-electron chi connectivity index (χ4n) is 2.39. The first-order valence-corrected chi connectivity index (χ1v) is 7.42. The zero-order valence-electron chi connectivity index (χ0n) is 12.1. The van der Waals surface area contributed by atoms with Gasteiger partial charge in [-0.15, -0.1) is 0 Å². The number of methoxy groups -OCH3 is 1. The van der Waals surface area contributed by atoms with E-state index in [4.69, 9.17) is 28.6 Å². The maximum Gasteiger partial charge on any atom is 0.356 e. The van der Waals surface area contributed by atoms with E-state index in [0.717, 1.165) is 22.6 Å². The van der Waals surface area contributed by atoms with Crippen LogP contribution in [-0.4, -0.2) is 22.6 Å². The molecule has 0 saturated heterocycles. The topological polar surface area (TPSA) is 47.0 Å². The number of aromatic nitrogens is 2. The summed E-state index contributed by atoms with van der Waals surface area (Å²) in [5, 5.41) is 0.722. The van der Waals surface area contributed by atoms with E-state index in [1.807, 2.05) is 32.0 Å². The average Bonchev–Trinajstić information content (AvgIpc) is 2.85. The second-order valence-electron chi connectivity index (χ2n) is 4.77. The second kappa shape index (κ2) is 6.45. The molecule has 0 fully saturated rings. The van der Waals surface area contributed by atoms with Gasteiger partial charge >= 0.3 is 5.97 Å². The number of rotatable bonds is 4. The normalized spacial score (nSPS) is 12.2. The van der Waals surface area contributed by atoms with Crippen molar-refractivity contribution >= 4 is 29.8 Å². The summed E-state index contributed by atoms with van der Waals surface area (Å²) in [6, 6.07) is 5.79. The monoisotopic (exact) mass is 324 g/mol. The van der Waals surface area contributed by atoms with Gasteiger partial charge in [-0.05, 0) is 42.8 Å². The summed E-state index contributed by atoms with van der Waals surface area (Å²) in [5.74, 6) is -0.411. The summed E-state index contributed by atoms with van der Waals surface area (Å²) in [4.78, 5) is 14.8. The fraction of sp³-hybridized carbons (Fsp3) is 0.333. The summed E-state index contributed by atoms with van der Waals surface area (Å²) in [6.07, 6.45) is 2.37. The Morgan fingerprint density at radius 3 is 2.81 bits per heavy atom. The second-order valence-corrected chi connectivity index (χ2v) is 5.57. The maximum atomic E-state index is 11.9. The molecule has 21 heavy (non-hydrogen) atoms. The summed E-state index contributed by atoms with van der Waals surface area (Å²) >= 11 is 11.4. The lowest BCUT2D eigenvalue weighted by Gasteiger charge is -2.20. The van der Waals surface area contributed by atoms with Crippen LogP contribution in [0.1, 0.15) is 41.0 Å². The van der Waals surface area contributed by atoms with Crippen molar-refractivity contribution in [3.63, 3.8) is 0 Å². The fourth-order valence-corrected chi connectivity index (χ4v) is 2.79. The Morgan fingerprint density at radius 2 is 2.24 bits per heavy atom. The Kier molecular flexibility index (Phi) is 4.85. The van der Waals surface area contributed by atoms with E-state index in [0.29, 0.717) is 10.5 Å². The number of halogens is 1. The highest BCUT2D eigenvalue weighted by Crippen LogP contribution is 2.27. The summed E-state index contributed by atoms with van der Waals surface area (Å²) in [6.45, 7) is 4.00. The number of aryl methyl sites for hydroxylation is 1. The number of nitrogens with one attached hydrogen (secondary N) is 1. The molecule has 0 saturated carbocycles. The number of benzene rings is 1. The minimum absolute atomic E-state index is 0.0474. The molecule has 2 aromatic rings. The minimum Gasteiger partial charge on any atom is -0.464 e. The summed E-state index contributed by atoms with van der Waals surface area (Å²) < 4.78 is 7.11. The van der Waals surface area contributed by atoms with E-state index >= 15 is 0 Å². The highest BCUT2D eigenvalue weighted by atomic mass is 35.5. The lowest BCUT2D eigenvalue weighted by molar-refractivity contribution is 0.0586. The molecule has 4 nitrogen and oxygen atoms in total. The molecule has 0 spiro atoms. The van der Waals surface area contributed by atoms with Crippen LogP contribution in [0.15, 0.2) is 24.4 Å². The SMILES string of the molecule is CCC(c1ccc(Cl)c(C)c1)n1c(C(=O)OC)c[nH]c1=S. The molecule has 1 unspecified atom stereocenters. The van der Waals surface area contributed by atoms with Crippen molar-refractivity contribution in [3.05, 3.63) is 51.0 Å². The van der Waals surface area contributed by atoms with E-state index < -0.39 is 5.97 Å². The molecule has 6 heteroatoms. The number of hydrogen-bond acceptors (Lipinski definition) is 3. The van der Waals surface area contributed by atoms with E-state index in [2.05, 4.69) is 4.98 Å². The van der Waals surface area contributed by atoms with Gasteiger partial charge in [-0.3, -0.25) is 0 Å². The number of H-pyrrole nitrogens is 1. The predicted molar refractivity (Wildman–Crippen MR) is 85.6 cm³/mol. The number of hydrogen-bond donors (Lipinski definition) is 1. The van der Waals surface area contributed by atoms with Gasteiger partial charge in [-0.2, -0.15) is 0 Å². The number of carbonyl (C=O) groups is 1. The molecule has 1 atom stereocenters. The molecular weight excluding hydrogens is 308 g/mol. The predicted octanol–water partition coefficient (Wildman–Crippen LogP) is 4.29. The van der Waals surface area contributed by atoms with Crippen LogP contribution in [0.25, 0.3) is 0 Å². The van der Waals surface area contributed by atoms with Crippen LogP contribution < -0.4 is 0 Å². The zero-order valence-corrected chi connectivity index (χ0v) is 13.7. The first kappa shape index (κ1) is 15.8. The van der Waals surface area contributed by atoms with Crippen LogP contribution in [0.2, 0.25) is 5.02 Å². The van der Waals surface area contributed by atoms with Crippen LogP contribution in [-0.2, 0) is 4.74 Å². The first-order chi connectivity index (χ1) is 9.99. The van der Waals surface area contributed by atoms with Crippen LogP contribution in [0.4, 0.5) is 0 Å². The van der Waals surface area contributed by atoms with E-state index in [9.17, 15) is 4.79 Å². The van der Waals surface area contributed by atoms with Gasteiger partial charge in [0.2, 0.25) is 0 Å². The third kappa shape index (κ3) is 3.04. The van der Waals surface area contributed by atoms with Gasteiger partial charge in [0.1, 0.15) is 5.69 Å². The highest BCUT2D eigenvalue weighted by Gasteiger charge is 2.21. The third-order valence-electron chi connectivity index (χ3n) is 3.47. The van der Waals surface area contributed by atoms with Crippen LogP contribution in [0, 0.1) is 11.7 Å². The van der Waals surface area contributed by atoms with Crippen LogP contribution >= 0.6 is 23.8 Å². The molecular formula is C15H17ClN2O2S. The minimum atomic E-state index is -0.411. The molecule has 1 aromatic carbocycles. The molecule has 112 valence electrons. The highest BCUT2D eigenvalue weighted by molar-refractivity contribution is 7.71. The number of carbonyl (C=O) groups excluding carboxylic acids is 1. The van der Waals surface area contributed by atoms with Crippen molar-refractivity contribution in [1.29, 1.82) is 0 Å². The number of ether oxygens (including phenoxy) is 1. The molecule has 1 heterocycles. The Balaban J connectivity index is 2.56. The number of imidazole rings is 1. The van der Waals surface area contributed by atoms with Gasteiger partial charge in [-0.25, -0.2) is 4.79 Å². The molecule has 0 aliphatic heterocycles. The van der Waals surface area contributed by atoms with Crippen molar-refractivity contribution in [2.75, 3.05) is 7.11 Å². The third-order valence-corrected chi connectivity index (χ3v) is 4.21. The molecule has 0 aliphatic rings. The quantitative estimate of drug-likeness (QED) is 0.674. The van der Waals surface area contributed by atoms with E-state index in [1.54, 1.807) is 10.8 Å². The van der Waals surface area contributed by atoms with Gasteiger partial charge in [0.05, 0.1) is 13.2 Å². The van der Waals surface area contributed by atoms with Crippen LogP contribution in [0.5, 0.6) is 0 Å². The van der Waals surface area contributed by atoms with E-state index in [-0.39, 0.29) is 6.04 Å². The van der Waals surface area contributed by atoms with Gasteiger partial charge in [0, 0.05) is 11.2 Å². The van der Waals surface area contributed by atoms with Crippen molar-refractivity contribution < 1.29 is 9.53 Å². The molecule has 1 N–H and O–H groups in total. The van der Waals surface area contributed by atoms with Gasteiger partial charge in [0.15, 0.2) is 4.77 Å². The van der Waals surface area contributed by atoms with Crippen LogP contribution in [0.3, 0.4) is 0 Å². The Labute approximate surface area is 133 Å². The van der Waals surface area contributed by atoms with E-state index in [1.165, 1.54) is 7.11 Å². The van der Waals surface area contributed by atoms with Crippen molar-refractivity contribution in [1.82, 2.24) is 9.55 Å². The first-order valence-electron chi connectivity index (χ1n) is 6.63. The largest absolute Gasteiger partial charge is 0.464 e. The summed E-state index contributed by atoms with van der Waals surface area (Å²) in [7, 11) is 1.36. The lowest BCUT2D eigenvalue weighted by Crippen LogP contribution is -2.17. The smallest absolute Gasteiger partial charge is 0.356 e. The van der Waals surface area contributed by atoms with Gasteiger partial charge < -0.3 is 14.3 Å². The summed E-state index contributed by atoms with van der Waals surface area (Å²) in [5.41, 5.74) is 2.47. The van der Waals surface area contributed by atoms with Crippen molar-refractivity contribution in [2.45, 2.75) is 26.3 Å². The molecule has 0 bridgehead atoms. The Bertz CT molecular complexity index is 721. The Hall–Kier alpha value is -1.59. The van der Waals surface area contributed by atoms with Gasteiger partial charge in [-0.1, -0.05) is 30.7 Å². The number of aromatic amines is 1.